The smallest absolute Gasteiger partial charge is 0.333 e. The zero-order valence-corrected chi connectivity index (χ0v) is 22.9. The highest BCUT2D eigenvalue weighted by atomic mass is 16.6. The summed E-state index contributed by atoms with van der Waals surface area (Å²) in [6.45, 7) is 13.9. The van der Waals surface area contributed by atoms with Crippen LogP contribution in [0.1, 0.15) is 60.3 Å². The lowest BCUT2D eigenvalue weighted by Gasteiger charge is -2.67. The van der Waals surface area contributed by atoms with E-state index in [9.17, 15) is 24.9 Å². The molecule has 8 nitrogen and oxygen atoms in total. The van der Waals surface area contributed by atoms with Gasteiger partial charge in [-0.05, 0) is 58.3 Å². The SMILES string of the molecule is C=C1C[C@]23C[C@H](O)[C@@]4(O)C56C[C@]7(O)C[C@]4(C)CN7C5C2[C@H]1[C@@H](OC(=O)/C(C)=C/C)[C@@H](OC(=O)/C(C)=C/C)C63. The van der Waals surface area contributed by atoms with Gasteiger partial charge in [0.2, 0.25) is 0 Å². The van der Waals surface area contributed by atoms with Crippen molar-refractivity contribution in [2.24, 2.45) is 34.0 Å². The maximum atomic E-state index is 13.3. The summed E-state index contributed by atoms with van der Waals surface area (Å²) in [6.07, 6.45) is 2.53. The molecule has 8 heteroatoms. The number of rotatable bonds is 4. The Hall–Kier alpha value is -2.00. The first-order valence-electron chi connectivity index (χ1n) is 14.0. The van der Waals surface area contributed by atoms with Gasteiger partial charge in [0.1, 0.15) is 23.5 Å². The molecule has 5 unspecified atom stereocenters. The maximum absolute atomic E-state index is 13.3. The van der Waals surface area contributed by atoms with E-state index in [1.165, 1.54) is 0 Å². The monoisotopic (exact) mass is 525 g/mol. The van der Waals surface area contributed by atoms with Gasteiger partial charge in [0.25, 0.3) is 0 Å². The highest BCUT2D eigenvalue weighted by molar-refractivity contribution is 5.89. The van der Waals surface area contributed by atoms with Crippen molar-refractivity contribution in [2.45, 2.75) is 96.0 Å². The number of piperidine rings is 1. The second-order valence-corrected chi connectivity index (χ2v) is 13.8. The fourth-order valence-corrected chi connectivity index (χ4v) is 11.5. The van der Waals surface area contributed by atoms with Gasteiger partial charge in [-0.3, -0.25) is 4.90 Å². The summed E-state index contributed by atoms with van der Waals surface area (Å²) < 4.78 is 12.6. The standard InChI is InChI=1S/C30H39NO7/c1-7-14(3)24(33)37-20-18-16(5)9-27-10-17(32)30(36)26(6)11-28(35)12-29(30,23(19(18)27)31(28)13-26)22(27)21(20)38-25(34)15(4)8-2/h7-8,17-23,32,35-36H,5,9-13H2,1-4,6H3/b14-7+,15-8+/t17-,18-,19?,20+,21+,22?,23?,26+,27-,28+,29?,30-/m0/s1. The third kappa shape index (κ3) is 2.30. The largest absolute Gasteiger partial charge is 0.455 e. The predicted molar refractivity (Wildman–Crippen MR) is 136 cm³/mol. The molecule has 206 valence electrons. The minimum atomic E-state index is -1.46. The highest BCUT2D eigenvalue weighted by Gasteiger charge is 2.96. The summed E-state index contributed by atoms with van der Waals surface area (Å²) in [4.78, 5) is 28.7. The van der Waals surface area contributed by atoms with Crippen LogP contribution in [0.2, 0.25) is 0 Å². The summed E-state index contributed by atoms with van der Waals surface area (Å²) in [6, 6.07) is -0.227. The maximum Gasteiger partial charge on any atom is 0.333 e. The van der Waals surface area contributed by atoms with Crippen molar-refractivity contribution in [3.8, 4) is 0 Å². The fraction of sp³-hybridized carbons (Fsp3) is 0.733. The molecule has 3 aliphatic heterocycles. The number of ether oxygens (including phenoxy) is 2. The number of aliphatic hydroxyl groups is 3. The van der Waals surface area contributed by atoms with Gasteiger partial charge in [0.15, 0.2) is 0 Å². The normalized spacial score (nSPS) is 57.0. The molecule has 13 atom stereocenters. The number of aliphatic hydroxyl groups excluding tert-OH is 1. The van der Waals surface area contributed by atoms with Crippen LogP contribution in [0.5, 0.6) is 0 Å². The lowest BCUT2D eigenvalue weighted by atomic mass is 9.40. The number of hydrogen-bond donors (Lipinski definition) is 3. The summed E-state index contributed by atoms with van der Waals surface area (Å²) in [5.74, 6) is -1.73. The average Bonchev–Trinajstić information content (AvgIpc) is 3.35. The molecule has 5 aliphatic carbocycles. The molecule has 8 bridgehead atoms. The van der Waals surface area contributed by atoms with Gasteiger partial charge in [-0.2, -0.15) is 0 Å². The molecule has 5 saturated carbocycles. The van der Waals surface area contributed by atoms with Crippen molar-refractivity contribution < 1.29 is 34.4 Å². The molecule has 0 aromatic heterocycles. The molecule has 0 radical (unpaired) electrons. The van der Waals surface area contributed by atoms with Gasteiger partial charge >= 0.3 is 11.9 Å². The molecule has 3 heterocycles. The van der Waals surface area contributed by atoms with Crippen molar-refractivity contribution in [2.75, 3.05) is 6.54 Å². The van der Waals surface area contributed by atoms with E-state index in [2.05, 4.69) is 11.5 Å². The second-order valence-electron chi connectivity index (χ2n) is 13.8. The Morgan fingerprint density at radius 1 is 1.05 bits per heavy atom. The third-order valence-corrected chi connectivity index (χ3v) is 12.4. The molecule has 3 N–H and O–H groups in total. The van der Waals surface area contributed by atoms with Crippen molar-refractivity contribution in [1.82, 2.24) is 4.90 Å². The zero-order valence-electron chi connectivity index (χ0n) is 22.9. The Morgan fingerprint density at radius 3 is 2.26 bits per heavy atom. The highest BCUT2D eigenvalue weighted by Crippen LogP contribution is 2.88. The Labute approximate surface area is 223 Å². The van der Waals surface area contributed by atoms with E-state index in [-0.39, 0.29) is 17.9 Å². The summed E-state index contributed by atoms with van der Waals surface area (Å²) >= 11 is 0. The molecule has 0 aromatic carbocycles. The number of allylic oxidation sites excluding steroid dienone is 2. The summed E-state index contributed by atoms with van der Waals surface area (Å²) in [5, 5.41) is 36.5. The molecule has 8 fully saturated rings. The number of carbonyl (C=O) groups is 2. The zero-order chi connectivity index (χ0) is 27.4. The van der Waals surface area contributed by atoms with Crippen LogP contribution in [-0.2, 0) is 19.1 Å². The van der Waals surface area contributed by atoms with Gasteiger partial charge in [0, 0.05) is 52.8 Å². The van der Waals surface area contributed by atoms with Crippen LogP contribution >= 0.6 is 0 Å². The van der Waals surface area contributed by atoms with Crippen LogP contribution in [0.3, 0.4) is 0 Å². The Morgan fingerprint density at radius 2 is 1.66 bits per heavy atom. The quantitative estimate of drug-likeness (QED) is 0.291. The van der Waals surface area contributed by atoms with Crippen LogP contribution in [0.25, 0.3) is 0 Å². The molecular weight excluding hydrogens is 486 g/mol. The van der Waals surface area contributed by atoms with E-state index < -0.39 is 63.7 Å². The molecule has 0 aromatic rings. The van der Waals surface area contributed by atoms with Crippen molar-refractivity contribution in [3.63, 3.8) is 0 Å². The first kappa shape index (κ1) is 25.0. The third-order valence-electron chi connectivity index (χ3n) is 12.4. The first-order chi connectivity index (χ1) is 17.8. The Kier molecular flexibility index (Phi) is 4.61. The van der Waals surface area contributed by atoms with Crippen molar-refractivity contribution in [3.05, 3.63) is 35.5 Å². The Balaban J connectivity index is 1.46. The van der Waals surface area contributed by atoms with Crippen LogP contribution < -0.4 is 0 Å². The van der Waals surface area contributed by atoms with Gasteiger partial charge in [-0.25, -0.2) is 9.59 Å². The van der Waals surface area contributed by atoms with Crippen LogP contribution in [0.4, 0.5) is 0 Å². The second kappa shape index (κ2) is 7.00. The molecule has 38 heavy (non-hydrogen) atoms. The molecule has 2 spiro atoms. The lowest BCUT2D eigenvalue weighted by Crippen LogP contribution is -2.77. The van der Waals surface area contributed by atoms with E-state index in [4.69, 9.17) is 9.47 Å². The number of carbonyl (C=O) groups excluding carboxylic acids is 2. The molecule has 3 saturated heterocycles. The van der Waals surface area contributed by atoms with Crippen LogP contribution in [0.15, 0.2) is 35.5 Å². The van der Waals surface area contributed by atoms with Crippen molar-refractivity contribution >= 4 is 11.9 Å². The average molecular weight is 526 g/mol. The predicted octanol–water partition coefficient (Wildman–Crippen LogP) is 2.23. The molecule has 8 aliphatic rings. The molecule has 8 rings (SSSR count). The summed E-state index contributed by atoms with van der Waals surface area (Å²) in [5.41, 5.74) is -2.78. The van der Waals surface area contributed by atoms with Gasteiger partial charge in [-0.1, -0.05) is 31.2 Å². The number of hydrogen-bond acceptors (Lipinski definition) is 8. The minimum absolute atomic E-state index is 0.0816. The van der Waals surface area contributed by atoms with Gasteiger partial charge < -0.3 is 24.8 Å². The van der Waals surface area contributed by atoms with Gasteiger partial charge in [-0.15, -0.1) is 0 Å². The molecular formula is C30H39NO7. The van der Waals surface area contributed by atoms with E-state index in [1.54, 1.807) is 39.8 Å². The van der Waals surface area contributed by atoms with Crippen molar-refractivity contribution in [1.29, 1.82) is 0 Å². The van der Waals surface area contributed by atoms with E-state index in [0.717, 1.165) is 5.57 Å². The number of nitrogens with zero attached hydrogens (tertiary/aromatic N) is 1. The van der Waals surface area contributed by atoms with Gasteiger partial charge in [0.05, 0.1) is 6.10 Å². The molecule has 0 amide bonds. The number of esters is 2. The lowest BCUT2D eigenvalue weighted by molar-refractivity contribution is -0.311. The van der Waals surface area contributed by atoms with E-state index >= 15 is 0 Å². The first-order valence-corrected chi connectivity index (χ1v) is 14.0. The van der Waals surface area contributed by atoms with E-state index in [0.29, 0.717) is 43.4 Å². The summed E-state index contributed by atoms with van der Waals surface area (Å²) in [7, 11) is 0. The van der Waals surface area contributed by atoms with E-state index in [1.807, 2.05) is 6.92 Å². The Bertz CT molecular complexity index is 1260. The minimum Gasteiger partial charge on any atom is -0.455 e. The van der Waals surface area contributed by atoms with Crippen LogP contribution in [0, 0.1) is 34.0 Å². The fourth-order valence-electron chi connectivity index (χ4n) is 11.5. The topological polar surface area (TPSA) is 117 Å². The van der Waals surface area contributed by atoms with Crippen LogP contribution in [-0.4, -0.2) is 74.4 Å².